The van der Waals surface area contributed by atoms with Crippen LogP contribution in [0.15, 0.2) is 24.7 Å². The molecule has 0 aliphatic rings. The Labute approximate surface area is 116 Å². The first-order valence-electron chi connectivity index (χ1n) is 5.49. The number of aryl methyl sites for hydroxylation is 1. The number of aromatic nitrogens is 3. The van der Waals surface area contributed by atoms with Gasteiger partial charge in [-0.25, -0.2) is 4.98 Å². The van der Waals surface area contributed by atoms with Crippen molar-refractivity contribution in [1.29, 1.82) is 0 Å². The molecule has 0 aliphatic carbocycles. The van der Waals surface area contributed by atoms with Gasteiger partial charge in [0.05, 0.1) is 11.2 Å². The highest BCUT2D eigenvalue weighted by Crippen LogP contribution is 2.22. The second-order valence-electron chi connectivity index (χ2n) is 4.15. The van der Waals surface area contributed by atoms with E-state index in [0.29, 0.717) is 10.9 Å². The largest absolute Gasteiger partial charge is 0.355 e. The molecule has 6 heteroatoms. The Bertz CT molecular complexity index is 539. The predicted molar refractivity (Wildman–Crippen MR) is 74.1 cm³/mol. The third-order valence-corrected chi connectivity index (χ3v) is 3.26. The summed E-state index contributed by atoms with van der Waals surface area (Å²) in [6.45, 7) is 0.740. The molecule has 0 saturated carbocycles. The van der Waals surface area contributed by atoms with Crippen molar-refractivity contribution in [2.45, 2.75) is 12.4 Å². The van der Waals surface area contributed by atoms with Crippen LogP contribution in [0.25, 0.3) is 0 Å². The summed E-state index contributed by atoms with van der Waals surface area (Å²) in [5.41, 5.74) is 2.02. The van der Waals surface area contributed by atoms with Crippen molar-refractivity contribution in [2.75, 3.05) is 11.9 Å². The average Bonchev–Trinajstić information content (AvgIpc) is 2.75. The van der Waals surface area contributed by atoms with E-state index in [0.717, 1.165) is 23.5 Å². The van der Waals surface area contributed by atoms with Crippen LogP contribution in [-0.4, -0.2) is 21.8 Å². The van der Waals surface area contributed by atoms with Crippen LogP contribution in [0, 0.1) is 0 Å². The predicted octanol–water partition coefficient (Wildman–Crippen LogP) is 2.84. The van der Waals surface area contributed by atoms with E-state index in [4.69, 9.17) is 23.2 Å². The monoisotopic (exact) mass is 284 g/mol. The summed E-state index contributed by atoms with van der Waals surface area (Å²) in [7, 11) is 3.87. The highest BCUT2D eigenvalue weighted by Gasteiger charge is 2.08. The molecule has 18 heavy (non-hydrogen) atoms. The van der Waals surface area contributed by atoms with E-state index in [1.54, 1.807) is 10.9 Å². The van der Waals surface area contributed by atoms with Crippen LogP contribution in [0.5, 0.6) is 0 Å². The van der Waals surface area contributed by atoms with E-state index < -0.39 is 0 Å². The maximum absolute atomic E-state index is 5.99. The first kappa shape index (κ1) is 13.2. The van der Waals surface area contributed by atoms with Crippen molar-refractivity contribution in [3.05, 3.63) is 40.8 Å². The summed E-state index contributed by atoms with van der Waals surface area (Å²) in [6, 6.07) is 1.91. The number of hydrogen-bond acceptors (Lipinski definition) is 3. The van der Waals surface area contributed by atoms with Gasteiger partial charge in [0.1, 0.15) is 5.82 Å². The van der Waals surface area contributed by atoms with Crippen LogP contribution in [-0.2, 0) is 19.5 Å². The lowest BCUT2D eigenvalue weighted by molar-refractivity contribution is 0.766. The van der Waals surface area contributed by atoms with Crippen molar-refractivity contribution in [2.24, 2.45) is 7.05 Å². The molecular formula is C12H14Cl2N4. The number of anilines is 1. The zero-order valence-electron chi connectivity index (χ0n) is 10.3. The second-order valence-corrected chi connectivity index (χ2v) is 4.82. The quantitative estimate of drug-likeness (QED) is 0.810. The summed E-state index contributed by atoms with van der Waals surface area (Å²) < 4.78 is 1.78. The van der Waals surface area contributed by atoms with Crippen molar-refractivity contribution in [3.63, 3.8) is 0 Å². The number of alkyl halides is 1. The number of nitrogens with zero attached hydrogens (tertiary/aromatic N) is 4. The Hall–Kier alpha value is -1.26. The number of rotatable bonds is 4. The van der Waals surface area contributed by atoms with E-state index in [1.165, 1.54) is 0 Å². The Balaban J connectivity index is 2.15. The van der Waals surface area contributed by atoms with Crippen LogP contribution in [0.4, 0.5) is 5.82 Å². The molecule has 0 aromatic carbocycles. The second kappa shape index (κ2) is 5.59. The Morgan fingerprint density at radius 2 is 2.17 bits per heavy atom. The summed E-state index contributed by atoms with van der Waals surface area (Å²) in [4.78, 5) is 6.33. The topological polar surface area (TPSA) is 34.0 Å². The number of pyridine rings is 1. The van der Waals surface area contributed by atoms with Gasteiger partial charge in [0, 0.05) is 44.5 Å². The van der Waals surface area contributed by atoms with Crippen LogP contribution in [0.3, 0.4) is 0 Å². The van der Waals surface area contributed by atoms with Crippen LogP contribution in [0.2, 0.25) is 5.02 Å². The van der Waals surface area contributed by atoms with Gasteiger partial charge in [-0.2, -0.15) is 5.10 Å². The molecule has 4 nitrogen and oxygen atoms in total. The van der Waals surface area contributed by atoms with Gasteiger partial charge in [-0.1, -0.05) is 11.6 Å². The average molecular weight is 285 g/mol. The van der Waals surface area contributed by atoms with Crippen LogP contribution >= 0.6 is 23.2 Å². The molecule has 0 spiro atoms. The zero-order chi connectivity index (χ0) is 13.1. The minimum atomic E-state index is 0.384. The lowest BCUT2D eigenvalue weighted by Crippen LogP contribution is -2.17. The molecule has 0 saturated heterocycles. The third-order valence-electron chi connectivity index (χ3n) is 2.63. The van der Waals surface area contributed by atoms with Gasteiger partial charge in [-0.3, -0.25) is 4.68 Å². The fourth-order valence-electron chi connectivity index (χ4n) is 1.69. The number of hydrogen-bond donors (Lipinski definition) is 0. The van der Waals surface area contributed by atoms with E-state index in [-0.39, 0.29) is 0 Å². The Kier molecular flexibility index (Phi) is 4.09. The normalized spacial score (nSPS) is 10.7. The minimum absolute atomic E-state index is 0.384. The highest BCUT2D eigenvalue weighted by atomic mass is 35.5. The smallest absolute Gasteiger partial charge is 0.128 e. The maximum atomic E-state index is 5.99. The lowest BCUT2D eigenvalue weighted by Gasteiger charge is -2.18. The minimum Gasteiger partial charge on any atom is -0.355 e. The molecule has 2 aromatic rings. The van der Waals surface area contributed by atoms with E-state index in [1.807, 2.05) is 37.5 Å². The van der Waals surface area contributed by atoms with Crippen molar-refractivity contribution < 1.29 is 0 Å². The molecule has 2 heterocycles. The van der Waals surface area contributed by atoms with Gasteiger partial charge in [-0.15, -0.1) is 11.6 Å². The summed E-state index contributed by atoms with van der Waals surface area (Å²) in [5.74, 6) is 1.23. The summed E-state index contributed by atoms with van der Waals surface area (Å²) >= 11 is 11.8. The fraction of sp³-hybridized carbons (Fsp3) is 0.333. The Morgan fingerprint density at radius 3 is 2.78 bits per heavy atom. The molecular weight excluding hydrogens is 271 g/mol. The van der Waals surface area contributed by atoms with Crippen LogP contribution < -0.4 is 4.90 Å². The van der Waals surface area contributed by atoms with Gasteiger partial charge in [0.25, 0.3) is 0 Å². The highest BCUT2D eigenvalue weighted by molar-refractivity contribution is 6.32. The van der Waals surface area contributed by atoms with E-state index in [9.17, 15) is 0 Å². The van der Waals surface area contributed by atoms with Gasteiger partial charge < -0.3 is 4.90 Å². The van der Waals surface area contributed by atoms with Crippen molar-refractivity contribution in [1.82, 2.24) is 14.8 Å². The van der Waals surface area contributed by atoms with Gasteiger partial charge in [0.15, 0.2) is 0 Å². The summed E-state index contributed by atoms with van der Waals surface area (Å²) in [5, 5.41) is 4.74. The summed E-state index contributed by atoms with van der Waals surface area (Å²) in [6.07, 6.45) is 5.46. The molecule has 0 fully saturated rings. The maximum Gasteiger partial charge on any atom is 0.128 e. The van der Waals surface area contributed by atoms with Gasteiger partial charge in [-0.05, 0) is 11.6 Å². The molecule has 0 aliphatic heterocycles. The van der Waals surface area contributed by atoms with Crippen LogP contribution in [0.1, 0.15) is 11.1 Å². The third kappa shape index (κ3) is 2.94. The molecule has 2 rings (SSSR count). The number of halogens is 2. The van der Waals surface area contributed by atoms with E-state index in [2.05, 4.69) is 10.1 Å². The molecule has 0 bridgehead atoms. The molecule has 2 aromatic heterocycles. The first-order valence-corrected chi connectivity index (χ1v) is 6.40. The van der Waals surface area contributed by atoms with Gasteiger partial charge in [0.2, 0.25) is 0 Å². The SMILES string of the molecule is CN(Cc1cnn(C)c1)c1cc(CCl)c(Cl)cn1. The van der Waals surface area contributed by atoms with Gasteiger partial charge >= 0.3 is 0 Å². The molecule has 0 unspecified atom stereocenters. The van der Waals surface area contributed by atoms with Crippen molar-refractivity contribution >= 4 is 29.0 Å². The molecule has 0 N–H and O–H groups in total. The van der Waals surface area contributed by atoms with E-state index >= 15 is 0 Å². The lowest BCUT2D eigenvalue weighted by atomic mass is 10.2. The zero-order valence-corrected chi connectivity index (χ0v) is 11.8. The standard InChI is InChI=1S/C12H14Cl2N4/c1-17(7-9-5-16-18(2)8-9)12-3-10(4-13)11(14)6-15-12/h3,5-6,8H,4,7H2,1-2H3. The molecule has 0 amide bonds. The fourth-order valence-corrected chi connectivity index (χ4v) is 2.15. The molecule has 0 radical (unpaired) electrons. The molecule has 96 valence electrons. The molecule has 0 atom stereocenters. The van der Waals surface area contributed by atoms with Crippen molar-refractivity contribution in [3.8, 4) is 0 Å². The first-order chi connectivity index (χ1) is 8.60. The Morgan fingerprint density at radius 1 is 1.39 bits per heavy atom.